The van der Waals surface area contributed by atoms with Gasteiger partial charge in [-0.3, -0.25) is 14.7 Å². The van der Waals surface area contributed by atoms with E-state index in [1.54, 1.807) is 17.3 Å². The molecular formula is C13H20N2O2Si. The smallest absolute Gasteiger partial charge is 0.233 e. The molecule has 0 fully saturated rings. The van der Waals surface area contributed by atoms with Gasteiger partial charge >= 0.3 is 0 Å². The molecule has 1 aromatic rings. The zero-order chi connectivity index (χ0) is 13.2. The third-order valence-corrected chi connectivity index (χ3v) is 4.73. The summed E-state index contributed by atoms with van der Waals surface area (Å²) >= 11 is 0. The zero-order valence-corrected chi connectivity index (χ0v) is 12.3. The number of amides is 1. The van der Waals surface area contributed by atoms with Crippen LogP contribution in [0.1, 0.15) is 5.56 Å². The number of rotatable bonds is 5. The average Bonchev–Trinajstić information content (AvgIpc) is 2.59. The Morgan fingerprint density at radius 3 is 2.94 bits per heavy atom. The lowest BCUT2D eigenvalue weighted by atomic mass is 10.2. The summed E-state index contributed by atoms with van der Waals surface area (Å²) < 4.78 is 5.64. The van der Waals surface area contributed by atoms with E-state index >= 15 is 0 Å². The van der Waals surface area contributed by atoms with Crippen LogP contribution in [0, 0.1) is 0 Å². The van der Waals surface area contributed by atoms with E-state index in [0.29, 0.717) is 13.2 Å². The normalized spacial score (nSPS) is 15.1. The number of anilines is 1. The number of carbonyl (C=O) groups is 1. The van der Waals surface area contributed by atoms with E-state index in [1.165, 1.54) is 0 Å². The van der Waals surface area contributed by atoms with Gasteiger partial charge in [0.2, 0.25) is 5.91 Å². The third kappa shape index (κ3) is 3.17. The fraction of sp³-hybridized carbons (Fsp3) is 0.538. The molecule has 0 bridgehead atoms. The van der Waals surface area contributed by atoms with E-state index in [9.17, 15) is 4.79 Å². The molecule has 4 nitrogen and oxygen atoms in total. The van der Waals surface area contributed by atoms with E-state index < -0.39 is 8.07 Å². The molecule has 18 heavy (non-hydrogen) atoms. The minimum atomic E-state index is -1.06. The molecule has 0 spiro atoms. The summed E-state index contributed by atoms with van der Waals surface area (Å²) in [7, 11) is -1.06. The highest BCUT2D eigenvalue weighted by Crippen LogP contribution is 2.27. The van der Waals surface area contributed by atoms with Crippen LogP contribution in [0.2, 0.25) is 25.7 Å². The number of fused-ring (bicyclic) bond motifs is 1. The van der Waals surface area contributed by atoms with Crippen molar-refractivity contribution in [2.45, 2.75) is 32.1 Å². The maximum absolute atomic E-state index is 11.8. The van der Waals surface area contributed by atoms with E-state index in [2.05, 4.69) is 24.6 Å². The van der Waals surface area contributed by atoms with Gasteiger partial charge in [0.25, 0.3) is 0 Å². The van der Waals surface area contributed by atoms with Gasteiger partial charge < -0.3 is 4.74 Å². The Morgan fingerprint density at radius 2 is 2.22 bits per heavy atom. The Balaban J connectivity index is 1.89. The first kappa shape index (κ1) is 13.2. The summed E-state index contributed by atoms with van der Waals surface area (Å²) in [5, 5.41) is 0. The Labute approximate surface area is 109 Å². The number of hydrogen-bond acceptors (Lipinski definition) is 3. The Morgan fingerprint density at radius 1 is 1.44 bits per heavy atom. The van der Waals surface area contributed by atoms with Crippen LogP contribution in [0.5, 0.6) is 0 Å². The molecule has 0 radical (unpaired) electrons. The number of carbonyl (C=O) groups excluding carboxylic acids is 1. The molecule has 0 aromatic carbocycles. The molecule has 1 amide bonds. The average molecular weight is 264 g/mol. The monoisotopic (exact) mass is 264 g/mol. The Hall–Kier alpha value is -1.20. The molecule has 1 aliphatic rings. The number of pyridine rings is 1. The second kappa shape index (κ2) is 5.20. The molecule has 2 rings (SSSR count). The lowest BCUT2D eigenvalue weighted by Crippen LogP contribution is -2.30. The van der Waals surface area contributed by atoms with Gasteiger partial charge in [-0.25, -0.2) is 0 Å². The van der Waals surface area contributed by atoms with Gasteiger partial charge in [-0.15, -0.1) is 0 Å². The van der Waals surface area contributed by atoms with Gasteiger partial charge in [0.15, 0.2) is 0 Å². The minimum absolute atomic E-state index is 0.103. The third-order valence-electron chi connectivity index (χ3n) is 3.03. The van der Waals surface area contributed by atoms with Crippen molar-refractivity contribution in [2.24, 2.45) is 0 Å². The summed E-state index contributed by atoms with van der Waals surface area (Å²) in [6, 6.07) is 3.00. The van der Waals surface area contributed by atoms with Crippen molar-refractivity contribution in [3.63, 3.8) is 0 Å². The molecule has 1 aromatic heterocycles. The summed E-state index contributed by atoms with van der Waals surface area (Å²) in [5.74, 6) is 0.103. The highest BCUT2D eigenvalue weighted by Gasteiger charge is 2.27. The van der Waals surface area contributed by atoms with E-state index in [4.69, 9.17) is 4.74 Å². The Kier molecular flexibility index (Phi) is 3.82. The molecule has 5 heteroatoms. The molecule has 0 atom stereocenters. The maximum atomic E-state index is 11.8. The van der Waals surface area contributed by atoms with Crippen molar-refractivity contribution in [3.8, 4) is 0 Å². The topological polar surface area (TPSA) is 42.4 Å². The first-order valence-electron chi connectivity index (χ1n) is 6.28. The predicted molar refractivity (Wildman–Crippen MR) is 74.4 cm³/mol. The van der Waals surface area contributed by atoms with E-state index in [-0.39, 0.29) is 5.91 Å². The van der Waals surface area contributed by atoms with Crippen molar-refractivity contribution < 1.29 is 9.53 Å². The van der Waals surface area contributed by atoms with Crippen LogP contribution >= 0.6 is 0 Å². The molecule has 98 valence electrons. The highest BCUT2D eigenvalue weighted by molar-refractivity contribution is 6.76. The number of hydrogen-bond donors (Lipinski definition) is 0. The Bertz CT molecular complexity index is 443. The van der Waals surface area contributed by atoms with Crippen LogP contribution in [0.15, 0.2) is 18.5 Å². The largest absolute Gasteiger partial charge is 0.361 e. The van der Waals surface area contributed by atoms with Crippen molar-refractivity contribution >= 4 is 19.7 Å². The lowest BCUT2D eigenvalue weighted by molar-refractivity contribution is -0.118. The van der Waals surface area contributed by atoms with Crippen LogP contribution in [-0.2, 0) is 16.0 Å². The van der Waals surface area contributed by atoms with Crippen molar-refractivity contribution in [3.05, 3.63) is 24.0 Å². The number of nitrogens with zero attached hydrogens (tertiary/aromatic N) is 2. The van der Waals surface area contributed by atoms with Crippen LogP contribution in [0.25, 0.3) is 0 Å². The summed E-state index contributed by atoms with van der Waals surface area (Å²) in [6.45, 7) is 8.05. The van der Waals surface area contributed by atoms with Crippen LogP contribution < -0.4 is 4.90 Å². The first-order chi connectivity index (χ1) is 8.47. The molecule has 1 aliphatic heterocycles. The van der Waals surface area contributed by atoms with Crippen molar-refractivity contribution in [1.82, 2.24) is 4.98 Å². The van der Waals surface area contributed by atoms with Crippen LogP contribution in [0.4, 0.5) is 5.69 Å². The lowest BCUT2D eigenvalue weighted by Gasteiger charge is -2.19. The first-order valence-corrected chi connectivity index (χ1v) is 9.99. The maximum Gasteiger partial charge on any atom is 0.233 e. The summed E-state index contributed by atoms with van der Waals surface area (Å²) in [4.78, 5) is 17.6. The fourth-order valence-corrected chi connectivity index (χ4v) is 2.64. The molecule has 0 saturated heterocycles. The van der Waals surface area contributed by atoms with Crippen LogP contribution in [0.3, 0.4) is 0 Å². The molecular weight excluding hydrogens is 244 g/mol. The SMILES string of the molecule is C[Si](C)(C)CCOCN1C(=O)Cc2cnccc21. The van der Waals surface area contributed by atoms with E-state index in [0.717, 1.165) is 23.9 Å². The van der Waals surface area contributed by atoms with Gasteiger partial charge in [-0.2, -0.15) is 0 Å². The van der Waals surface area contributed by atoms with E-state index in [1.807, 2.05) is 6.07 Å². The second-order valence-electron chi connectivity index (χ2n) is 5.85. The second-order valence-corrected chi connectivity index (χ2v) is 11.5. The van der Waals surface area contributed by atoms with Gasteiger partial charge in [-0.1, -0.05) is 19.6 Å². The quantitative estimate of drug-likeness (QED) is 0.605. The zero-order valence-electron chi connectivity index (χ0n) is 11.3. The number of ether oxygens (including phenoxy) is 1. The number of aromatic nitrogens is 1. The fourth-order valence-electron chi connectivity index (χ4n) is 1.89. The van der Waals surface area contributed by atoms with Crippen molar-refractivity contribution in [2.75, 3.05) is 18.2 Å². The van der Waals surface area contributed by atoms with Crippen LogP contribution in [-0.4, -0.2) is 32.3 Å². The van der Waals surface area contributed by atoms with Gasteiger partial charge in [0.05, 0.1) is 12.1 Å². The van der Waals surface area contributed by atoms with Gasteiger partial charge in [-0.05, 0) is 12.1 Å². The molecule has 0 N–H and O–H groups in total. The molecule has 0 unspecified atom stereocenters. The predicted octanol–water partition coefficient (Wildman–Crippen LogP) is 2.28. The van der Waals surface area contributed by atoms with Crippen molar-refractivity contribution in [1.29, 1.82) is 0 Å². The standard InChI is InChI=1S/C13H20N2O2Si/c1-18(2,3)7-6-17-10-15-12-4-5-14-9-11(12)8-13(15)16/h4-5,9H,6-8,10H2,1-3H3. The van der Waals surface area contributed by atoms with Gasteiger partial charge in [0.1, 0.15) is 6.73 Å². The summed E-state index contributed by atoms with van der Waals surface area (Å²) in [6.07, 6.45) is 3.92. The summed E-state index contributed by atoms with van der Waals surface area (Å²) in [5.41, 5.74) is 1.94. The molecule has 0 aliphatic carbocycles. The molecule has 2 heterocycles. The van der Waals surface area contributed by atoms with Gasteiger partial charge in [0, 0.05) is 32.6 Å². The molecule has 0 saturated carbocycles. The minimum Gasteiger partial charge on any atom is -0.361 e. The highest BCUT2D eigenvalue weighted by atomic mass is 28.3.